The molecule has 4 rings (SSSR count). The largest absolute Gasteiger partial charge is 0.454 e. The molecule has 1 unspecified atom stereocenters. The number of piperidine rings is 1. The fourth-order valence-corrected chi connectivity index (χ4v) is 4.10. The van der Waals surface area contributed by atoms with Crippen molar-refractivity contribution in [2.45, 2.75) is 18.9 Å². The van der Waals surface area contributed by atoms with Crippen molar-refractivity contribution in [2.75, 3.05) is 25.2 Å². The van der Waals surface area contributed by atoms with E-state index in [4.69, 9.17) is 21.1 Å². The second-order valence-electron chi connectivity index (χ2n) is 5.91. The van der Waals surface area contributed by atoms with Gasteiger partial charge in [-0.1, -0.05) is 11.6 Å². The minimum atomic E-state index is 0.0593. The van der Waals surface area contributed by atoms with E-state index < -0.39 is 0 Å². The molecule has 0 aliphatic carbocycles. The van der Waals surface area contributed by atoms with E-state index in [2.05, 4.69) is 5.32 Å². The van der Waals surface area contributed by atoms with E-state index >= 15 is 0 Å². The van der Waals surface area contributed by atoms with Crippen LogP contribution in [0.15, 0.2) is 30.3 Å². The second kappa shape index (κ2) is 6.53. The lowest BCUT2D eigenvalue weighted by atomic mass is 10.0. The molecule has 0 spiro atoms. The Labute approximate surface area is 149 Å². The van der Waals surface area contributed by atoms with Crippen LogP contribution in [0.5, 0.6) is 11.5 Å². The van der Waals surface area contributed by atoms with Crippen LogP contribution in [0.1, 0.15) is 22.5 Å². The molecular formula is C17H17ClN2O3S. The molecular weight excluding hydrogens is 348 g/mol. The number of rotatable bonds is 3. The third-order valence-corrected chi connectivity index (χ3v) is 5.46. The van der Waals surface area contributed by atoms with Gasteiger partial charge < -0.3 is 19.7 Å². The van der Waals surface area contributed by atoms with Crippen LogP contribution in [0, 0.1) is 0 Å². The summed E-state index contributed by atoms with van der Waals surface area (Å²) in [6.07, 6.45) is 2.01. The molecule has 7 heteroatoms. The fourth-order valence-electron chi connectivity index (χ4n) is 3.09. The van der Waals surface area contributed by atoms with Crippen LogP contribution >= 0.6 is 22.9 Å². The number of carbonyl (C=O) groups excluding carboxylic acids is 1. The highest BCUT2D eigenvalue weighted by Crippen LogP contribution is 2.34. The Bertz CT molecular complexity index is 764. The number of benzene rings is 1. The predicted octanol–water partition coefficient (Wildman–Crippen LogP) is 3.85. The average molecular weight is 365 g/mol. The molecule has 0 bridgehead atoms. The van der Waals surface area contributed by atoms with Crippen LogP contribution in [0.4, 0.5) is 5.69 Å². The van der Waals surface area contributed by atoms with Crippen LogP contribution in [0.2, 0.25) is 4.34 Å². The van der Waals surface area contributed by atoms with E-state index in [1.165, 1.54) is 11.3 Å². The zero-order chi connectivity index (χ0) is 16.5. The molecule has 0 radical (unpaired) electrons. The monoisotopic (exact) mass is 364 g/mol. The minimum absolute atomic E-state index is 0.0593. The maximum atomic E-state index is 12.6. The number of hydrogen-bond acceptors (Lipinski definition) is 5. The van der Waals surface area contributed by atoms with Gasteiger partial charge in [0.2, 0.25) is 6.79 Å². The summed E-state index contributed by atoms with van der Waals surface area (Å²) in [5.74, 6) is 1.59. The first kappa shape index (κ1) is 15.6. The van der Waals surface area contributed by atoms with Gasteiger partial charge in [-0.2, -0.15) is 0 Å². The molecule has 126 valence electrons. The lowest BCUT2D eigenvalue weighted by Crippen LogP contribution is -2.44. The number of nitrogens with one attached hydrogen (secondary N) is 1. The van der Waals surface area contributed by atoms with E-state index in [1.54, 1.807) is 12.1 Å². The topological polar surface area (TPSA) is 50.8 Å². The molecule has 0 saturated carbocycles. The number of likely N-dealkylation sites (tertiary alicyclic amines) is 1. The lowest BCUT2D eigenvalue weighted by Gasteiger charge is -2.33. The number of hydrogen-bond donors (Lipinski definition) is 1. The molecule has 3 heterocycles. The first-order valence-electron chi connectivity index (χ1n) is 7.90. The Morgan fingerprint density at radius 3 is 2.96 bits per heavy atom. The molecule has 2 aromatic rings. The molecule has 2 aliphatic rings. The molecule has 24 heavy (non-hydrogen) atoms. The summed E-state index contributed by atoms with van der Waals surface area (Å²) >= 11 is 7.27. The first-order chi connectivity index (χ1) is 11.7. The van der Waals surface area contributed by atoms with Gasteiger partial charge in [0.05, 0.1) is 9.21 Å². The minimum Gasteiger partial charge on any atom is -0.454 e. The summed E-state index contributed by atoms with van der Waals surface area (Å²) in [6, 6.07) is 9.62. The number of halogens is 1. The van der Waals surface area contributed by atoms with Crippen molar-refractivity contribution in [1.29, 1.82) is 0 Å². The van der Waals surface area contributed by atoms with Crippen molar-refractivity contribution in [3.8, 4) is 11.5 Å². The van der Waals surface area contributed by atoms with Crippen molar-refractivity contribution in [3.63, 3.8) is 0 Å². The Balaban J connectivity index is 1.42. The Morgan fingerprint density at radius 2 is 2.12 bits per heavy atom. The van der Waals surface area contributed by atoms with Gasteiger partial charge in [0.15, 0.2) is 11.5 Å². The van der Waals surface area contributed by atoms with Gasteiger partial charge in [-0.25, -0.2) is 0 Å². The summed E-state index contributed by atoms with van der Waals surface area (Å²) in [7, 11) is 0. The van der Waals surface area contributed by atoms with Gasteiger partial charge in [0.25, 0.3) is 5.91 Å². The van der Waals surface area contributed by atoms with Crippen molar-refractivity contribution < 1.29 is 14.3 Å². The zero-order valence-corrected chi connectivity index (χ0v) is 14.5. The quantitative estimate of drug-likeness (QED) is 0.898. The van der Waals surface area contributed by atoms with E-state index in [0.29, 0.717) is 15.8 Å². The highest BCUT2D eigenvalue weighted by molar-refractivity contribution is 7.17. The van der Waals surface area contributed by atoms with E-state index in [1.807, 2.05) is 23.1 Å². The molecule has 1 N–H and O–H groups in total. The zero-order valence-electron chi connectivity index (χ0n) is 13.0. The predicted molar refractivity (Wildman–Crippen MR) is 94.4 cm³/mol. The van der Waals surface area contributed by atoms with Crippen LogP contribution in [0.25, 0.3) is 0 Å². The maximum absolute atomic E-state index is 12.6. The summed E-state index contributed by atoms with van der Waals surface area (Å²) in [5, 5.41) is 3.50. The van der Waals surface area contributed by atoms with Crippen LogP contribution < -0.4 is 14.8 Å². The molecule has 1 atom stereocenters. The number of amides is 1. The van der Waals surface area contributed by atoms with Gasteiger partial charge in [-0.15, -0.1) is 11.3 Å². The van der Waals surface area contributed by atoms with Gasteiger partial charge in [0.1, 0.15) is 0 Å². The molecule has 1 amide bonds. The smallest absolute Gasteiger partial charge is 0.264 e. The number of anilines is 1. The fraction of sp³-hybridized carbons (Fsp3) is 0.353. The first-order valence-corrected chi connectivity index (χ1v) is 9.09. The van der Waals surface area contributed by atoms with Gasteiger partial charge in [0, 0.05) is 30.9 Å². The summed E-state index contributed by atoms with van der Waals surface area (Å²) < 4.78 is 11.4. The van der Waals surface area contributed by atoms with Crippen LogP contribution in [-0.2, 0) is 0 Å². The highest BCUT2D eigenvalue weighted by Gasteiger charge is 2.25. The standard InChI is InChI=1S/C17H17ClN2O3S/c18-16-6-5-15(24-16)17(21)20-7-1-2-12(9-20)19-11-3-4-13-14(8-11)23-10-22-13/h3-6,8,12,19H,1-2,7,9-10H2. The normalized spacial score (nSPS) is 19.4. The summed E-state index contributed by atoms with van der Waals surface area (Å²) in [6.45, 7) is 1.74. The highest BCUT2D eigenvalue weighted by atomic mass is 35.5. The number of nitrogens with zero attached hydrogens (tertiary/aromatic N) is 1. The molecule has 5 nitrogen and oxygen atoms in total. The second-order valence-corrected chi connectivity index (χ2v) is 7.62. The Hall–Kier alpha value is -1.92. The number of fused-ring (bicyclic) bond motifs is 1. The maximum Gasteiger partial charge on any atom is 0.264 e. The third-order valence-electron chi connectivity index (χ3n) is 4.24. The van der Waals surface area contributed by atoms with E-state index in [0.717, 1.165) is 36.6 Å². The summed E-state index contributed by atoms with van der Waals surface area (Å²) in [4.78, 5) is 15.2. The number of carbonyl (C=O) groups is 1. The van der Waals surface area contributed by atoms with E-state index in [-0.39, 0.29) is 18.7 Å². The third kappa shape index (κ3) is 3.16. The van der Waals surface area contributed by atoms with Gasteiger partial charge in [-0.3, -0.25) is 4.79 Å². The molecule has 1 fully saturated rings. The van der Waals surface area contributed by atoms with E-state index in [9.17, 15) is 4.79 Å². The average Bonchev–Trinajstić information content (AvgIpc) is 3.23. The van der Waals surface area contributed by atoms with Gasteiger partial charge >= 0.3 is 0 Å². The van der Waals surface area contributed by atoms with Crippen molar-refractivity contribution in [1.82, 2.24) is 4.90 Å². The van der Waals surface area contributed by atoms with Crippen molar-refractivity contribution >= 4 is 34.5 Å². The SMILES string of the molecule is O=C(c1ccc(Cl)s1)N1CCCC(Nc2ccc3c(c2)OCO3)C1. The Kier molecular flexibility index (Phi) is 4.24. The lowest BCUT2D eigenvalue weighted by molar-refractivity contribution is 0.0719. The van der Waals surface area contributed by atoms with Crippen molar-refractivity contribution in [2.24, 2.45) is 0 Å². The Morgan fingerprint density at radius 1 is 1.25 bits per heavy atom. The molecule has 1 aromatic carbocycles. The van der Waals surface area contributed by atoms with Crippen molar-refractivity contribution in [3.05, 3.63) is 39.5 Å². The summed E-state index contributed by atoms with van der Waals surface area (Å²) in [5.41, 5.74) is 0.984. The van der Waals surface area contributed by atoms with Crippen LogP contribution in [-0.4, -0.2) is 36.7 Å². The molecule has 1 saturated heterocycles. The molecule has 2 aliphatic heterocycles. The number of thiophene rings is 1. The molecule has 1 aromatic heterocycles. The number of ether oxygens (including phenoxy) is 2. The van der Waals surface area contributed by atoms with Gasteiger partial charge in [-0.05, 0) is 37.1 Å². The van der Waals surface area contributed by atoms with Crippen LogP contribution in [0.3, 0.4) is 0 Å².